The summed E-state index contributed by atoms with van der Waals surface area (Å²) >= 11 is 13.0. The highest BCUT2D eigenvalue weighted by Crippen LogP contribution is 2.49. The van der Waals surface area contributed by atoms with E-state index in [2.05, 4.69) is 21.4 Å². The normalized spacial score (nSPS) is 21.6. The van der Waals surface area contributed by atoms with Gasteiger partial charge in [0, 0.05) is 163 Å². The number of alkyl halides is 2. The van der Waals surface area contributed by atoms with E-state index in [0.717, 1.165) is 164 Å². The zero-order valence-electron chi connectivity index (χ0n) is 65.6. The van der Waals surface area contributed by atoms with E-state index in [1.165, 1.54) is 11.0 Å². The maximum atomic E-state index is 14.3. The maximum Gasteiger partial charge on any atom is 0.416 e. The van der Waals surface area contributed by atoms with Crippen LogP contribution in [0.4, 0.5) is 37.1 Å². The molecule has 26 heteroatoms. The highest BCUT2D eigenvalue weighted by molar-refractivity contribution is 6.20. The molecule has 24 nitrogen and oxygen atoms in total. The topological polar surface area (TPSA) is 226 Å². The molecule has 1 unspecified atom stereocenters. The number of carbonyl (C=O) groups is 7. The molecule has 6 atom stereocenters. The van der Waals surface area contributed by atoms with Gasteiger partial charge in [-0.25, -0.2) is 19.3 Å². The first-order chi connectivity index (χ1) is 55.0. The van der Waals surface area contributed by atoms with Crippen molar-refractivity contribution in [2.75, 3.05) is 146 Å². The molecule has 9 heterocycles. The number of benzene rings is 6. The molecule has 5 saturated heterocycles. The Morgan fingerprint density at radius 1 is 0.549 bits per heavy atom. The Morgan fingerprint density at radius 2 is 1.05 bits per heavy atom. The Bertz CT molecular complexity index is 4540. The van der Waals surface area contributed by atoms with Crippen LogP contribution in [0.2, 0.25) is 0 Å². The fourth-order valence-corrected chi connectivity index (χ4v) is 17.8. The first kappa shape index (κ1) is 80.6. The molecule has 0 saturated carbocycles. The monoisotopic (exact) mass is 1580 g/mol. The molecule has 6 aromatic rings. The van der Waals surface area contributed by atoms with E-state index in [4.69, 9.17) is 56.4 Å². The first-order valence-corrected chi connectivity index (χ1v) is 41.7. The Kier molecular flexibility index (Phi) is 26.4. The molecular weight excluding hydrogens is 1480 g/mol. The lowest BCUT2D eigenvalue weighted by Gasteiger charge is -2.42. The third kappa shape index (κ3) is 17.9. The smallest absolute Gasteiger partial charge is 0.416 e. The van der Waals surface area contributed by atoms with Gasteiger partial charge in [0.25, 0.3) is 11.8 Å². The van der Waals surface area contributed by atoms with Gasteiger partial charge < -0.3 is 72.4 Å². The molecule has 0 N–H and O–H groups in total. The predicted molar refractivity (Wildman–Crippen MR) is 438 cm³/mol. The number of anilines is 3. The quantitative estimate of drug-likeness (QED) is 0.0350. The van der Waals surface area contributed by atoms with Crippen LogP contribution in [-0.2, 0) is 23.8 Å². The van der Waals surface area contributed by atoms with Crippen LogP contribution in [0.5, 0.6) is 23.0 Å². The number of hydrogen-bond donors (Lipinski definition) is 0. The number of nitrogens with zero attached hydrogens (tertiary/aromatic N) is 10. The van der Waals surface area contributed by atoms with Gasteiger partial charge in [0.15, 0.2) is 12.5 Å². The van der Waals surface area contributed by atoms with Gasteiger partial charge in [0.2, 0.25) is 11.8 Å². The minimum absolute atomic E-state index is 0.000524. The lowest BCUT2D eigenvalue weighted by Crippen LogP contribution is -2.57. The zero-order chi connectivity index (χ0) is 78.8. The van der Waals surface area contributed by atoms with Crippen molar-refractivity contribution in [1.29, 1.82) is 0 Å². The van der Waals surface area contributed by atoms with Crippen molar-refractivity contribution in [1.82, 2.24) is 29.4 Å². The molecule has 0 aromatic heterocycles. The lowest BCUT2D eigenvalue weighted by molar-refractivity contribution is -0.198. The summed E-state index contributed by atoms with van der Waals surface area (Å²) in [5, 5.41) is 3.55. The number of hydrogen-bond acceptors (Lipinski definition) is 17. The van der Waals surface area contributed by atoms with E-state index in [-0.39, 0.29) is 60.2 Å². The minimum atomic E-state index is -0.825. The molecule has 113 heavy (non-hydrogen) atoms. The van der Waals surface area contributed by atoms with Crippen LogP contribution in [-0.4, -0.2) is 233 Å². The Labute approximate surface area is 672 Å². The highest BCUT2D eigenvalue weighted by atomic mass is 35.5. The molecule has 5 fully saturated rings. The molecule has 0 bridgehead atoms. The summed E-state index contributed by atoms with van der Waals surface area (Å²) in [7, 11) is 4.08. The van der Waals surface area contributed by atoms with Gasteiger partial charge in [-0.2, -0.15) is 0 Å². The van der Waals surface area contributed by atoms with Crippen molar-refractivity contribution in [2.45, 2.75) is 159 Å². The van der Waals surface area contributed by atoms with Crippen molar-refractivity contribution < 1.29 is 66.7 Å². The summed E-state index contributed by atoms with van der Waals surface area (Å²) in [6.45, 7) is 16.9. The molecule has 9 aliphatic heterocycles. The van der Waals surface area contributed by atoms with Crippen LogP contribution in [0.3, 0.4) is 0 Å². The number of piperidine rings is 2. The Balaban J connectivity index is 0.000000192. The Morgan fingerprint density at radius 3 is 1.59 bits per heavy atom. The average Bonchev–Trinajstić information content (AvgIpc) is 1.62. The van der Waals surface area contributed by atoms with Gasteiger partial charge >= 0.3 is 18.3 Å². The molecule has 602 valence electrons. The number of fused-ring (bicyclic) bond motifs is 10. The summed E-state index contributed by atoms with van der Waals surface area (Å²) in [6, 6.07) is 26.5. The number of halogens is 2. The van der Waals surface area contributed by atoms with E-state index in [1.807, 2.05) is 122 Å². The van der Waals surface area contributed by atoms with Crippen LogP contribution >= 0.6 is 23.2 Å². The predicted octanol–water partition coefficient (Wildman–Crippen LogP) is 15.1. The third-order valence-electron chi connectivity index (χ3n) is 23.6. The van der Waals surface area contributed by atoms with Crippen molar-refractivity contribution >= 4 is 116 Å². The second-order valence-corrected chi connectivity index (χ2v) is 31.9. The second kappa shape index (κ2) is 37.1. The summed E-state index contributed by atoms with van der Waals surface area (Å²) in [4.78, 5) is 117. The number of unbranched alkanes of at least 4 members (excludes halogenated alkanes) is 4. The molecule has 7 amide bonds. The fraction of sp³-hybridized carbons (Fsp3) is 0.517. The van der Waals surface area contributed by atoms with E-state index >= 15 is 0 Å². The van der Waals surface area contributed by atoms with E-state index < -0.39 is 24.7 Å². The van der Waals surface area contributed by atoms with Crippen molar-refractivity contribution in [2.24, 2.45) is 4.99 Å². The number of amides is 7. The zero-order valence-corrected chi connectivity index (χ0v) is 67.1. The van der Waals surface area contributed by atoms with E-state index in [9.17, 15) is 33.6 Å². The Hall–Kier alpha value is -9.04. The fourth-order valence-electron chi connectivity index (χ4n) is 17.3. The summed E-state index contributed by atoms with van der Waals surface area (Å²) in [6.07, 6.45) is 13.9. The molecular formula is C87H106Cl2N10O14. The van der Waals surface area contributed by atoms with Gasteiger partial charge in [-0.3, -0.25) is 24.2 Å². The van der Waals surface area contributed by atoms with Gasteiger partial charge in [-0.1, -0.05) is 61.2 Å². The van der Waals surface area contributed by atoms with Crippen LogP contribution in [0.1, 0.15) is 164 Å². The van der Waals surface area contributed by atoms with Crippen molar-refractivity contribution in [3.63, 3.8) is 0 Å². The van der Waals surface area contributed by atoms with Gasteiger partial charge in [0.1, 0.15) is 29.6 Å². The van der Waals surface area contributed by atoms with Gasteiger partial charge in [-0.05, 0) is 169 Å². The minimum Gasteiger partial charge on any atom is -0.493 e. The standard InChI is InChI=1S/C48H60ClN5O9.C39H46ClN5O5/c1-4-24-61-48(58)54-38-28-40(32(2)27-36(38)45(56)52-19-11-9-16-37(52)46(54)63-43-18-10-13-26-60-43)59-25-12-5-6-17-42(55)53-31-33(30-49)44-35-15-8-7-14-34(35)41(29-39(44)53)62-47(57)51-22-20-50(3)21-23-51;1-26-20-31-32(41-24-28-10-7-8-14-44(28)38(31)47)21-34(26)49-19-9-3-4-13-36(46)45-25-27(23-40)37-30-12-6-5-11-29(30)35(22-33(37)45)50-39(48)43-17-15-42(2)16-18-43/h4,7-8,14-15,27-29,33,37,43,46H,1,5-6,9-13,16-26,30-31H2,2-3H3;5-6,11-12,20-22,24,27-28H,3-4,7-10,13-19,23,25H2,1-2H3/t33-,37+,43?,46+;27-,28+/m11/s1. The number of rotatable bonds is 22. The maximum absolute atomic E-state index is 14.3. The number of carbonyl (C=O) groups excluding carboxylic acids is 7. The number of aryl methyl sites for hydroxylation is 2. The largest absolute Gasteiger partial charge is 0.493 e. The summed E-state index contributed by atoms with van der Waals surface area (Å²) < 4.78 is 42.9. The molecule has 0 radical (unpaired) electrons. The molecule has 15 rings (SSSR count). The SMILES string of the molecule is C=CCOC(=O)N1c2cc(OCCCCCC(=O)N3C[C@@H](CCl)c4c3cc(OC(=O)N3CCN(C)CC3)c3ccccc43)c(C)cc2C(=O)N2CCCC[C@H]2[C@@H]1OC1CCCCO1.Cc1cc2c(cc1OCCCCCC(=O)N1C[C@@H](CCl)c3c1cc(OC(=O)N1CCN(C)CC1)c1ccccc31)N=C[C@@H]1CCCCN1C2=O. The van der Waals surface area contributed by atoms with E-state index in [0.29, 0.717) is 156 Å². The first-order valence-electron chi connectivity index (χ1n) is 40.7. The summed E-state index contributed by atoms with van der Waals surface area (Å²) in [5.74, 6) is 2.77. The van der Waals surface area contributed by atoms with E-state index in [1.54, 1.807) is 26.8 Å². The number of piperazine rings is 2. The van der Waals surface area contributed by atoms with Crippen molar-refractivity contribution in [3.05, 3.63) is 131 Å². The molecule has 9 aliphatic rings. The van der Waals surface area contributed by atoms with Crippen LogP contribution in [0, 0.1) is 13.8 Å². The third-order valence-corrected chi connectivity index (χ3v) is 24.3. The summed E-state index contributed by atoms with van der Waals surface area (Å²) in [5.41, 5.74) is 7.32. The molecule has 6 aromatic carbocycles. The van der Waals surface area contributed by atoms with Gasteiger partial charge in [-0.15, -0.1) is 23.2 Å². The number of ether oxygens (including phenoxy) is 7. The van der Waals surface area contributed by atoms with Gasteiger partial charge in [0.05, 0.1) is 59.2 Å². The van der Waals surface area contributed by atoms with Crippen LogP contribution in [0.25, 0.3) is 21.5 Å². The highest BCUT2D eigenvalue weighted by Gasteiger charge is 2.47. The number of aliphatic imine (C=N–C) groups is 1. The number of likely N-dealkylation sites (N-methyl/N-ethyl adjacent to an activating group) is 2. The lowest BCUT2D eigenvalue weighted by atomic mass is 9.95. The molecule has 0 aliphatic carbocycles. The molecule has 0 spiro atoms. The second-order valence-electron chi connectivity index (χ2n) is 31.3. The van der Waals surface area contributed by atoms with Crippen LogP contribution in [0.15, 0.2) is 103 Å². The average molecular weight is 1590 g/mol. The van der Waals surface area contributed by atoms with Crippen LogP contribution < -0.4 is 33.6 Å². The van der Waals surface area contributed by atoms with Crippen molar-refractivity contribution in [3.8, 4) is 23.0 Å².